The Bertz CT molecular complexity index is 233. The highest BCUT2D eigenvalue weighted by molar-refractivity contribution is 7.05. The number of hydrogen-bond donors (Lipinski definition) is 1. The molecule has 0 radical (unpaired) electrons. The van der Waals surface area contributed by atoms with Crippen LogP contribution in [-0.4, -0.2) is 34.9 Å². The van der Waals surface area contributed by atoms with Crippen LogP contribution in [0.3, 0.4) is 0 Å². The van der Waals surface area contributed by atoms with Gasteiger partial charge in [-0.2, -0.15) is 4.37 Å². The van der Waals surface area contributed by atoms with E-state index in [9.17, 15) is 0 Å². The van der Waals surface area contributed by atoms with Crippen LogP contribution in [0.25, 0.3) is 0 Å². The first-order valence-corrected chi connectivity index (χ1v) is 4.66. The molecule has 1 aromatic heterocycles. The summed E-state index contributed by atoms with van der Waals surface area (Å²) in [5.41, 5.74) is 5.39. The molecule has 1 rings (SSSR count). The maximum Gasteiger partial charge on any atom is 0.156 e. The number of aromatic nitrogens is 2. The van der Waals surface area contributed by atoms with Gasteiger partial charge in [-0.1, -0.05) is 0 Å². The smallest absolute Gasteiger partial charge is 0.156 e. The lowest BCUT2D eigenvalue weighted by molar-refractivity contribution is 0.413. The lowest BCUT2D eigenvalue weighted by Crippen LogP contribution is -2.15. The van der Waals surface area contributed by atoms with E-state index >= 15 is 0 Å². The van der Waals surface area contributed by atoms with Crippen molar-refractivity contribution in [1.29, 1.82) is 0 Å². The molecule has 0 atom stereocenters. The molecular weight excluding hydrogens is 172 g/mol. The van der Waals surface area contributed by atoms with Crippen molar-refractivity contribution in [2.45, 2.75) is 13.0 Å². The largest absolute Gasteiger partial charge is 0.324 e. The van der Waals surface area contributed by atoms with Gasteiger partial charge < -0.3 is 10.6 Å². The zero-order valence-corrected chi connectivity index (χ0v) is 8.27. The highest BCUT2D eigenvalue weighted by Gasteiger charge is 2.01. The highest BCUT2D eigenvalue weighted by Crippen LogP contribution is 2.04. The van der Waals surface area contributed by atoms with Crippen molar-refractivity contribution >= 4 is 11.5 Å². The summed E-state index contributed by atoms with van der Waals surface area (Å²) in [6.07, 6.45) is 0.963. The molecule has 1 aromatic rings. The molecule has 12 heavy (non-hydrogen) atoms. The van der Waals surface area contributed by atoms with Crippen LogP contribution in [-0.2, 0) is 13.0 Å². The maximum absolute atomic E-state index is 5.39. The third kappa shape index (κ3) is 2.84. The van der Waals surface area contributed by atoms with E-state index < -0.39 is 0 Å². The van der Waals surface area contributed by atoms with E-state index in [-0.39, 0.29) is 0 Å². The molecule has 0 bridgehead atoms. The molecule has 0 aliphatic heterocycles. The minimum absolute atomic E-state index is 0.443. The Morgan fingerprint density at radius 1 is 1.50 bits per heavy atom. The molecule has 4 nitrogen and oxygen atoms in total. The van der Waals surface area contributed by atoms with Crippen LogP contribution in [0.15, 0.2) is 0 Å². The van der Waals surface area contributed by atoms with E-state index in [4.69, 9.17) is 5.73 Å². The molecule has 1 heterocycles. The molecule has 0 spiro atoms. The second-order valence-electron chi connectivity index (χ2n) is 2.86. The normalized spacial score (nSPS) is 11.0. The maximum atomic E-state index is 5.39. The Morgan fingerprint density at radius 3 is 2.75 bits per heavy atom. The number of hydrogen-bond acceptors (Lipinski definition) is 5. The first-order valence-electron chi connectivity index (χ1n) is 3.88. The average molecular weight is 186 g/mol. The third-order valence-electron chi connectivity index (χ3n) is 1.47. The van der Waals surface area contributed by atoms with E-state index in [0.717, 1.165) is 23.8 Å². The Labute approximate surface area is 76.6 Å². The zero-order valence-electron chi connectivity index (χ0n) is 7.45. The summed E-state index contributed by atoms with van der Waals surface area (Å²) >= 11 is 1.45. The molecule has 2 N–H and O–H groups in total. The van der Waals surface area contributed by atoms with Crippen molar-refractivity contribution in [3.8, 4) is 0 Å². The van der Waals surface area contributed by atoms with E-state index in [0.29, 0.717) is 6.54 Å². The quantitative estimate of drug-likeness (QED) is 0.724. The number of nitrogens with zero attached hydrogens (tertiary/aromatic N) is 3. The Hall–Kier alpha value is -0.520. The topological polar surface area (TPSA) is 55.0 Å². The molecule has 0 saturated carbocycles. The summed E-state index contributed by atoms with van der Waals surface area (Å²) in [6.45, 7) is 1.46. The average Bonchev–Trinajstić information content (AvgIpc) is 2.48. The van der Waals surface area contributed by atoms with Crippen LogP contribution < -0.4 is 5.73 Å². The van der Waals surface area contributed by atoms with Gasteiger partial charge in [0.1, 0.15) is 5.01 Å². The van der Waals surface area contributed by atoms with Crippen LogP contribution in [0, 0.1) is 0 Å². The van der Waals surface area contributed by atoms with E-state index in [1.165, 1.54) is 11.5 Å². The van der Waals surface area contributed by atoms with Gasteiger partial charge in [-0.25, -0.2) is 4.98 Å². The van der Waals surface area contributed by atoms with Gasteiger partial charge in [-0.15, -0.1) is 0 Å². The molecule has 0 aliphatic carbocycles. The lowest BCUT2D eigenvalue weighted by Gasteiger charge is -2.05. The minimum atomic E-state index is 0.443. The highest BCUT2D eigenvalue weighted by atomic mass is 32.1. The second-order valence-corrected chi connectivity index (χ2v) is 3.70. The second kappa shape index (κ2) is 4.49. The van der Waals surface area contributed by atoms with Gasteiger partial charge in [0.25, 0.3) is 0 Å². The summed E-state index contributed by atoms with van der Waals surface area (Å²) in [6, 6.07) is 0. The van der Waals surface area contributed by atoms with Gasteiger partial charge in [0, 0.05) is 13.0 Å². The fourth-order valence-electron chi connectivity index (χ4n) is 0.794. The third-order valence-corrected chi connectivity index (χ3v) is 2.27. The van der Waals surface area contributed by atoms with Crippen molar-refractivity contribution in [3.05, 3.63) is 10.8 Å². The van der Waals surface area contributed by atoms with E-state index in [1.54, 1.807) is 0 Å². The Balaban J connectivity index is 2.41. The van der Waals surface area contributed by atoms with Gasteiger partial charge in [0.15, 0.2) is 5.82 Å². The first-order chi connectivity index (χ1) is 5.72. The van der Waals surface area contributed by atoms with Crippen LogP contribution >= 0.6 is 11.5 Å². The fraction of sp³-hybridized carbons (Fsp3) is 0.714. The summed E-state index contributed by atoms with van der Waals surface area (Å²) in [5.74, 6) is 0.758. The zero-order chi connectivity index (χ0) is 8.97. The number of rotatable bonds is 4. The molecular formula is C7H14N4S. The number of likely N-dealkylation sites (N-methyl/N-ethyl adjacent to an activating group) is 1. The fourth-order valence-corrected chi connectivity index (χ4v) is 1.45. The predicted octanol–water partition coefficient (Wildman–Crippen LogP) is 0.101. The molecule has 68 valence electrons. The molecule has 0 aromatic carbocycles. The van der Waals surface area contributed by atoms with Gasteiger partial charge in [0.2, 0.25) is 0 Å². The van der Waals surface area contributed by atoms with Gasteiger partial charge in [-0.3, -0.25) is 0 Å². The van der Waals surface area contributed by atoms with Crippen LogP contribution in [0.5, 0.6) is 0 Å². The monoisotopic (exact) mass is 186 g/mol. The van der Waals surface area contributed by atoms with Crippen LogP contribution in [0.2, 0.25) is 0 Å². The van der Waals surface area contributed by atoms with Crippen molar-refractivity contribution in [2.24, 2.45) is 5.73 Å². The standard InChI is InChI=1S/C7H14N4S/c1-11(2)4-3-7-9-6(5-8)10-12-7/h3-5,8H2,1-2H3. The predicted molar refractivity (Wildman–Crippen MR) is 50.1 cm³/mol. The minimum Gasteiger partial charge on any atom is -0.324 e. The molecule has 0 amide bonds. The molecule has 0 saturated heterocycles. The molecule has 0 aliphatic rings. The summed E-state index contributed by atoms with van der Waals surface area (Å²) < 4.78 is 4.10. The van der Waals surface area contributed by atoms with Gasteiger partial charge in [0.05, 0.1) is 6.54 Å². The molecule has 0 unspecified atom stereocenters. The van der Waals surface area contributed by atoms with E-state index in [1.807, 2.05) is 14.1 Å². The SMILES string of the molecule is CN(C)CCc1nc(CN)ns1. The summed E-state index contributed by atoms with van der Waals surface area (Å²) in [7, 11) is 4.09. The van der Waals surface area contributed by atoms with Crippen LogP contribution in [0.4, 0.5) is 0 Å². The Morgan fingerprint density at radius 2 is 2.25 bits per heavy atom. The van der Waals surface area contributed by atoms with Crippen molar-refractivity contribution in [2.75, 3.05) is 20.6 Å². The van der Waals surface area contributed by atoms with E-state index in [2.05, 4.69) is 14.3 Å². The van der Waals surface area contributed by atoms with Crippen molar-refractivity contribution in [1.82, 2.24) is 14.3 Å². The Kier molecular flexibility index (Phi) is 3.58. The van der Waals surface area contributed by atoms with Gasteiger partial charge in [-0.05, 0) is 25.6 Å². The summed E-state index contributed by atoms with van der Waals surface area (Å²) in [4.78, 5) is 6.38. The molecule has 0 fully saturated rings. The molecule has 5 heteroatoms. The number of nitrogens with two attached hydrogens (primary N) is 1. The first kappa shape index (κ1) is 9.57. The van der Waals surface area contributed by atoms with Gasteiger partial charge >= 0.3 is 0 Å². The van der Waals surface area contributed by atoms with Crippen LogP contribution in [0.1, 0.15) is 10.8 Å². The summed E-state index contributed by atoms with van der Waals surface area (Å²) in [5, 5.41) is 1.07. The van der Waals surface area contributed by atoms with Crippen molar-refractivity contribution < 1.29 is 0 Å². The van der Waals surface area contributed by atoms with Crippen molar-refractivity contribution in [3.63, 3.8) is 0 Å². The lowest BCUT2D eigenvalue weighted by atomic mass is 10.4.